The molecule has 6 atom stereocenters. The number of nitro groups is 1. The number of aromatic nitrogens is 1. The van der Waals surface area contributed by atoms with Crippen LogP contribution in [0.15, 0.2) is 182 Å². The number of imide groups is 1. The smallest absolute Gasteiger partial charge is 0.421 e. The zero-order chi connectivity index (χ0) is 53.9. The minimum absolute atomic E-state index is 0.00423. The number of benzene rings is 7. The van der Waals surface area contributed by atoms with E-state index in [2.05, 4.69) is 22.1 Å². The number of para-hydroxylation sites is 1. The van der Waals surface area contributed by atoms with Gasteiger partial charge in [-0.15, -0.1) is 0 Å². The topological polar surface area (TPSA) is 194 Å². The van der Waals surface area contributed by atoms with Gasteiger partial charge in [0.2, 0.25) is 11.8 Å². The third kappa shape index (κ3) is 9.62. The minimum atomic E-state index is -2.15. The maximum atomic E-state index is 16.8. The zero-order valence-corrected chi connectivity index (χ0v) is 42.8. The summed E-state index contributed by atoms with van der Waals surface area (Å²) in [6.45, 7) is 0.375. The van der Waals surface area contributed by atoms with Gasteiger partial charge in [0.05, 0.1) is 52.0 Å². The molecule has 0 aliphatic carbocycles. The Morgan fingerprint density at radius 3 is 2.19 bits per heavy atom. The van der Waals surface area contributed by atoms with Crippen molar-refractivity contribution in [1.82, 2.24) is 14.8 Å². The Bertz CT molecular complexity index is 3580. The van der Waals surface area contributed by atoms with Crippen LogP contribution in [0.3, 0.4) is 0 Å². The molecule has 0 bridgehead atoms. The first kappa shape index (κ1) is 51.1. The second-order valence-corrected chi connectivity index (χ2v) is 20.2. The Labute approximate surface area is 452 Å². The van der Waals surface area contributed by atoms with E-state index in [1.54, 1.807) is 42.5 Å². The average Bonchev–Trinajstić information content (AvgIpc) is 2.86. The van der Waals surface area contributed by atoms with E-state index in [4.69, 9.17) is 19.2 Å². The molecule has 2 saturated heterocycles. The summed E-state index contributed by atoms with van der Waals surface area (Å²) in [5.41, 5.74) is 2.45. The van der Waals surface area contributed by atoms with Gasteiger partial charge in [0, 0.05) is 24.2 Å². The monoisotopic (exact) mass is 1060 g/mol. The maximum Gasteiger partial charge on any atom is 0.421 e. The molecule has 0 radical (unpaired) electrons. The number of hydrogen-bond acceptors (Lipinski definition) is 14. The second-order valence-electron chi connectivity index (χ2n) is 19.2. The molecule has 3 aliphatic heterocycles. The number of hydrogen-bond donors (Lipinski definition) is 2. The number of aliphatic hydroxyl groups is 1. The number of morpholine rings is 1. The summed E-state index contributed by atoms with van der Waals surface area (Å²) in [6.07, 6.45) is -2.07. The molecule has 8 aromatic rings. The van der Waals surface area contributed by atoms with Gasteiger partial charge in [-0.2, -0.15) is 0 Å². The normalized spacial score (nSPS) is 20.4. The van der Waals surface area contributed by atoms with Crippen molar-refractivity contribution in [3.63, 3.8) is 0 Å². The van der Waals surface area contributed by atoms with Crippen molar-refractivity contribution in [3.05, 3.63) is 231 Å². The molecular weight excluding hydrogens is 1010 g/mol. The van der Waals surface area contributed by atoms with Crippen LogP contribution < -0.4 is 15.0 Å². The van der Waals surface area contributed by atoms with Gasteiger partial charge in [0.15, 0.2) is 5.13 Å². The zero-order valence-electron chi connectivity index (χ0n) is 42.0. The molecule has 1 spiro atoms. The van der Waals surface area contributed by atoms with E-state index in [0.717, 1.165) is 15.2 Å². The highest BCUT2D eigenvalue weighted by molar-refractivity contribution is 7.22. The Hall–Kier alpha value is -9.05. The van der Waals surface area contributed by atoms with E-state index >= 15 is 19.2 Å². The number of carbonyl (C=O) groups is 4. The molecule has 3 aliphatic rings. The highest BCUT2D eigenvalue weighted by Crippen LogP contribution is 2.66. The maximum absolute atomic E-state index is 16.8. The van der Waals surface area contributed by atoms with Crippen LogP contribution in [0, 0.1) is 27.9 Å². The van der Waals surface area contributed by atoms with Crippen LogP contribution in [-0.4, -0.2) is 81.5 Å². The average molecular weight is 1060 g/mol. The van der Waals surface area contributed by atoms with Crippen molar-refractivity contribution in [2.75, 3.05) is 37.0 Å². The molecule has 3 amide bonds. The SMILES string of the molecule is CN(CC#Cc1ccc2c(c1)[C@]1(C(=O)N2C(=O)OCc2ccc([N+](=O)[O-])cc2)[C@H](C(=O)Nc2nc3ccccc3s2)[C@H]2C(=O)O[C@H](c3ccccc3)[C@H](c3ccccc3)N2[C@@H]1c1ccc(OCCO)cc1)Cc1ccccc1. The molecule has 1 aromatic heterocycles. The lowest BCUT2D eigenvalue weighted by Crippen LogP contribution is -2.54. The van der Waals surface area contributed by atoms with E-state index in [1.807, 2.05) is 127 Å². The van der Waals surface area contributed by atoms with Crippen LogP contribution in [0.5, 0.6) is 5.75 Å². The molecule has 11 rings (SSSR count). The van der Waals surface area contributed by atoms with Crippen LogP contribution in [0.4, 0.5) is 21.3 Å². The van der Waals surface area contributed by atoms with Gasteiger partial charge in [-0.05, 0) is 95.0 Å². The molecule has 0 saturated carbocycles. The van der Waals surface area contributed by atoms with E-state index < -0.39 is 64.4 Å². The standard InChI is InChI=1S/C61H50N6O10S/c1-64(37-40-14-5-2-6-15-40)33-13-16-39-25-32-49-47(36-39)61(58(71)65(49)60(72)76-38-41-23-28-45(29-24-41)67(73)74)51(56(69)63-59-62-48-21-11-12-22-50(48)78-59)53-57(70)77-54(43-19-9-4-10-20-43)52(42-17-7-3-8-18-42)66(53)55(61)44-26-30-46(31-27-44)75-35-34-68/h2-12,14-15,17-32,36,51-55,68H,33-35,37-38H2,1H3,(H,62,63,69)/t51-,52-,53-,54+,55+,61-/m0/s1. The van der Waals surface area contributed by atoms with E-state index in [9.17, 15) is 15.2 Å². The first-order valence-corrected chi connectivity index (χ1v) is 26.0. The van der Waals surface area contributed by atoms with Crippen molar-refractivity contribution in [2.24, 2.45) is 5.92 Å². The molecule has 4 heterocycles. The number of amides is 3. The number of anilines is 2. The quantitative estimate of drug-likeness (QED) is 0.0453. The number of cyclic esters (lactones) is 1. The first-order chi connectivity index (χ1) is 38.0. The molecule has 2 fully saturated rings. The first-order valence-electron chi connectivity index (χ1n) is 25.2. The molecule has 390 valence electrons. The fraction of sp³-hybridized carbons (Fsp3) is 0.197. The lowest BCUT2D eigenvalue weighted by Gasteiger charge is -2.46. The number of carbonyl (C=O) groups excluding carboxylic acids is 4. The molecule has 17 heteroatoms. The number of ether oxygens (including phenoxy) is 3. The van der Waals surface area contributed by atoms with Gasteiger partial charge in [0.1, 0.15) is 36.5 Å². The summed E-state index contributed by atoms with van der Waals surface area (Å²) in [5, 5.41) is 24.4. The second kappa shape index (κ2) is 21.9. The predicted molar refractivity (Wildman–Crippen MR) is 292 cm³/mol. The summed E-state index contributed by atoms with van der Waals surface area (Å²) in [6, 6.07) is 49.9. The Morgan fingerprint density at radius 2 is 1.50 bits per heavy atom. The molecule has 78 heavy (non-hydrogen) atoms. The summed E-state index contributed by atoms with van der Waals surface area (Å²) in [5.74, 6) is 2.96. The highest BCUT2D eigenvalue weighted by atomic mass is 32.1. The van der Waals surface area contributed by atoms with Crippen LogP contribution in [0.2, 0.25) is 0 Å². The van der Waals surface area contributed by atoms with Crippen molar-refractivity contribution < 1.29 is 43.4 Å². The van der Waals surface area contributed by atoms with Gasteiger partial charge in [-0.25, -0.2) is 14.7 Å². The molecule has 0 unspecified atom stereocenters. The predicted octanol–water partition coefficient (Wildman–Crippen LogP) is 9.70. The fourth-order valence-corrected chi connectivity index (χ4v) is 12.0. The summed E-state index contributed by atoms with van der Waals surface area (Å²) in [7, 11) is 1.96. The van der Waals surface area contributed by atoms with Crippen molar-refractivity contribution in [3.8, 4) is 17.6 Å². The van der Waals surface area contributed by atoms with Crippen molar-refractivity contribution in [1.29, 1.82) is 0 Å². The summed E-state index contributed by atoms with van der Waals surface area (Å²) in [4.78, 5) is 84.1. The third-order valence-corrected chi connectivity index (χ3v) is 15.3. The number of fused-ring (bicyclic) bond motifs is 4. The number of nitrogens with zero attached hydrogens (tertiary/aromatic N) is 5. The highest BCUT2D eigenvalue weighted by Gasteiger charge is 2.76. The number of aliphatic hydroxyl groups excluding tert-OH is 1. The van der Waals surface area contributed by atoms with Gasteiger partial charge in [-0.3, -0.25) is 34.3 Å². The van der Waals surface area contributed by atoms with Gasteiger partial charge in [-0.1, -0.05) is 138 Å². The lowest BCUT2D eigenvalue weighted by atomic mass is 9.65. The number of esters is 1. The molecule has 7 aromatic carbocycles. The number of thiazole rings is 1. The number of non-ortho nitro benzene ring substituents is 1. The van der Waals surface area contributed by atoms with Gasteiger partial charge < -0.3 is 24.6 Å². The van der Waals surface area contributed by atoms with Crippen LogP contribution >= 0.6 is 11.3 Å². The summed E-state index contributed by atoms with van der Waals surface area (Å²) >= 11 is 1.23. The molecule has 2 N–H and O–H groups in total. The van der Waals surface area contributed by atoms with Crippen LogP contribution in [0.1, 0.15) is 57.1 Å². The van der Waals surface area contributed by atoms with Crippen molar-refractivity contribution >= 4 is 61.9 Å². The van der Waals surface area contributed by atoms with Gasteiger partial charge >= 0.3 is 12.1 Å². The lowest BCUT2D eigenvalue weighted by molar-refractivity contribution is -0.384. The van der Waals surface area contributed by atoms with Gasteiger partial charge in [0.25, 0.3) is 5.69 Å². The number of nitrogens with one attached hydrogen (secondary N) is 1. The number of nitro benzene ring substituents is 1. The fourth-order valence-electron chi connectivity index (χ4n) is 11.1. The van der Waals surface area contributed by atoms with E-state index in [-0.39, 0.29) is 41.9 Å². The Balaban J connectivity index is 1.14. The van der Waals surface area contributed by atoms with E-state index in [1.165, 1.54) is 35.6 Å². The summed E-state index contributed by atoms with van der Waals surface area (Å²) < 4.78 is 19.2. The molecular formula is C61H50N6O10S. The Kier molecular flexibility index (Phi) is 14.3. The third-order valence-electron chi connectivity index (χ3n) is 14.4. The van der Waals surface area contributed by atoms with E-state index in [0.29, 0.717) is 52.2 Å². The van der Waals surface area contributed by atoms with Crippen molar-refractivity contribution in [2.45, 2.75) is 42.8 Å². The molecule has 16 nitrogen and oxygen atoms in total. The largest absolute Gasteiger partial charge is 0.491 e. The number of rotatable bonds is 14. The van der Waals surface area contributed by atoms with Crippen LogP contribution in [0.25, 0.3) is 10.2 Å². The van der Waals surface area contributed by atoms with Crippen LogP contribution in [-0.2, 0) is 42.4 Å². The Morgan fingerprint density at radius 1 is 0.821 bits per heavy atom. The minimum Gasteiger partial charge on any atom is -0.491 e.